The van der Waals surface area contributed by atoms with E-state index in [9.17, 15) is 28.0 Å². The summed E-state index contributed by atoms with van der Waals surface area (Å²) in [6, 6.07) is 8.16. The van der Waals surface area contributed by atoms with Gasteiger partial charge >= 0.3 is 18.2 Å². The molecule has 1 fully saturated rings. The molecule has 254 valence electrons. The number of rotatable bonds is 9. The van der Waals surface area contributed by atoms with Crippen LogP contribution in [0.1, 0.15) is 66.0 Å². The number of halogens is 3. The van der Waals surface area contributed by atoms with Crippen LogP contribution in [0.2, 0.25) is 0 Å². The zero-order valence-electron chi connectivity index (χ0n) is 26.3. The molecule has 3 aromatic rings. The van der Waals surface area contributed by atoms with Gasteiger partial charge < -0.3 is 30.0 Å². The quantitative estimate of drug-likeness (QED) is 0.332. The standard InChI is InChI=1S/C32H34F3N7O6/c1-3-31(37)16-22(28-24(4-5-26(40-28)46-2)42(31)30(45)48-9-6-27(43)44)29-38-18-25(41-7-10-47-11-8-41)23(39-29)15-19-12-20(17-36)14-21(13-19)32(33,34)35/h4-5,12-14,18,22H,3,6-11,15-16,37H2,1-2H3,(H,43,44)/t22-,31+/m0/s1. The summed E-state index contributed by atoms with van der Waals surface area (Å²) < 4.78 is 57.4. The zero-order valence-corrected chi connectivity index (χ0v) is 26.3. The molecule has 2 aliphatic heterocycles. The molecule has 3 N–H and O–H groups in total. The van der Waals surface area contributed by atoms with Crippen LogP contribution in [0, 0.1) is 11.3 Å². The number of nitriles is 1. The third kappa shape index (κ3) is 7.26. The molecule has 0 radical (unpaired) electrons. The predicted molar refractivity (Wildman–Crippen MR) is 165 cm³/mol. The van der Waals surface area contributed by atoms with Crippen LogP contribution in [-0.2, 0) is 26.9 Å². The fourth-order valence-corrected chi connectivity index (χ4v) is 5.88. The van der Waals surface area contributed by atoms with Crippen molar-refractivity contribution in [3.05, 3.63) is 70.4 Å². The van der Waals surface area contributed by atoms with Crippen molar-refractivity contribution in [3.63, 3.8) is 0 Å². The maximum Gasteiger partial charge on any atom is 0.416 e. The third-order valence-corrected chi connectivity index (χ3v) is 8.34. The number of aliphatic carboxylic acids is 1. The molecular weight excluding hydrogens is 635 g/mol. The molecule has 5 rings (SSSR count). The molecule has 2 aliphatic rings. The number of morpholine rings is 1. The Labute approximate surface area is 274 Å². The fraction of sp³-hybridized carbons (Fsp3) is 0.438. The molecule has 13 nitrogen and oxygen atoms in total. The second kappa shape index (κ2) is 14.0. The lowest BCUT2D eigenvalue weighted by Crippen LogP contribution is -2.62. The lowest BCUT2D eigenvalue weighted by atomic mass is 9.83. The van der Waals surface area contributed by atoms with E-state index < -0.39 is 41.8 Å². The summed E-state index contributed by atoms with van der Waals surface area (Å²) in [7, 11) is 1.43. The number of carboxylic acid groups (broad SMARTS) is 1. The van der Waals surface area contributed by atoms with Gasteiger partial charge in [-0.3, -0.25) is 9.69 Å². The summed E-state index contributed by atoms with van der Waals surface area (Å²) in [5.41, 5.74) is 6.35. The minimum Gasteiger partial charge on any atom is -0.481 e. The maximum atomic E-state index is 13.8. The highest BCUT2D eigenvalue weighted by Crippen LogP contribution is 2.45. The van der Waals surface area contributed by atoms with E-state index in [1.165, 1.54) is 18.1 Å². The number of carboxylic acids is 1. The minimum atomic E-state index is -4.66. The number of pyridine rings is 1. The van der Waals surface area contributed by atoms with Gasteiger partial charge in [-0.05, 0) is 42.7 Å². The first-order valence-electron chi connectivity index (χ1n) is 15.2. The van der Waals surface area contributed by atoms with E-state index in [4.69, 9.17) is 35.0 Å². The van der Waals surface area contributed by atoms with Crippen molar-refractivity contribution in [3.8, 4) is 11.9 Å². The van der Waals surface area contributed by atoms with Crippen molar-refractivity contribution in [1.82, 2.24) is 15.0 Å². The maximum absolute atomic E-state index is 13.8. The van der Waals surface area contributed by atoms with E-state index >= 15 is 0 Å². The predicted octanol–water partition coefficient (Wildman–Crippen LogP) is 4.22. The number of fused-ring (bicyclic) bond motifs is 1. The first-order valence-corrected chi connectivity index (χ1v) is 15.2. The van der Waals surface area contributed by atoms with Crippen LogP contribution in [0.3, 0.4) is 0 Å². The van der Waals surface area contributed by atoms with E-state index in [2.05, 4.69) is 4.98 Å². The lowest BCUT2D eigenvalue weighted by molar-refractivity contribution is -0.138. The van der Waals surface area contributed by atoms with Gasteiger partial charge in [-0.1, -0.05) is 6.92 Å². The molecule has 0 spiro atoms. The van der Waals surface area contributed by atoms with E-state index in [1.807, 2.05) is 11.0 Å². The summed E-state index contributed by atoms with van der Waals surface area (Å²) >= 11 is 0. The first kappa shape index (κ1) is 34.3. The number of amides is 1. The topological polar surface area (TPSA) is 177 Å². The molecule has 0 saturated carbocycles. The van der Waals surface area contributed by atoms with Crippen molar-refractivity contribution >= 4 is 23.4 Å². The Morgan fingerprint density at radius 2 is 1.94 bits per heavy atom. The number of nitrogens with zero attached hydrogens (tertiary/aromatic N) is 6. The third-order valence-electron chi connectivity index (χ3n) is 8.34. The van der Waals surface area contributed by atoms with E-state index in [0.717, 1.165) is 12.1 Å². The summed E-state index contributed by atoms with van der Waals surface area (Å²) in [6.07, 6.45) is -4.02. The number of benzene rings is 1. The van der Waals surface area contributed by atoms with Gasteiger partial charge in [0.2, 0.25) is 5.88 Å². The number of methoxy groups -OCH3 is 1. The van der Waals surface area contributed by atoms with E-state index in [0.29, 0.717) is 43.4 Å². The first-order chi connectivity index (χ1) is 22.9. The van der Waals surface area contributed by atoms with Crippen molar-refractivity contribution in [2.45, 2.75) is 50.4 Å². The average Bonchev–Trinajstić information content (AvgIpc) is 3.07. The average molecular weight is 670 g/mol. The lowest BCUT2D eigenvalue weighted by Gasteiger charge is -2.46. The number of carbonyl (C=O) groups is 2. The number of anilines is 2. The van der Waals surface area contributed by atoms with Gasteiger partial charge in [0.15, 0.2) is 0 Å². The van der Waals surface area contributed by atoms with Gasteiger partial charge in [0.05, 0.1) is 78.8 Å². The second-order valence-corrected chi connectivity index (χ2v) is 11.4. The number of ether oxygens (including phenoxy) is 3. The van der Waals surface area contributed by atoms with Crippen molar-refractivity contribution < 1.29 is 42.1 Å². The highest BCUT2D eigenvalue weighted by molar-refractivity contribution is 5.91. The molecule has 2 atom stereocenters. The Kier molecular flexibility index (Phi) is 10.0. The Hall–Kier alpha value is -5.01. The van der Waals surface area contributed by atoms with Gasteiger partial charge in [0.1, 0.15) is 18.1 Å². The molecule has 48 heavy (non-hydrogen) atoms. The molecule has 0 unspecified atom stereocenters. The Balaban J connectivity index is 1.62. The molecule has 2 aromatic heterocycles. The van der Waals surface area contributed by atoms with Crippen LogP contribution in [0.4, 0.5) is 29.3 Å². The van der Waals surface area contributed by atoms with Gasteiger partial charge in [-0.2, -0.15) is 18.4 Å². The highest BCUT2D eigenvalue weighted by Gasteiger charge is 2.47. The fourth-order valence-electron chi connectivity index (χ4n) is 5.88. The summed E-state index contributed by atoms with van der Waals surface area (Å²) in [6.45, 7) is 3.30. The molecule has 16 heteroatoms. The van der Waals surface area contributed by atoms with Crippen LogP contribution >= 0.6 is 0 Å². The highest BCUT2D eigenvalue weighted by atomic mass is 19.4. The van der Waals surface area contributed by atoms with Crippen molar-refractivity contribution in [1.29, 1.82) is 5.26 Å². The van der Waals surface area contributed by atoms with Crippen molar-refractivity contribution in [2.24, 2.45) is 5.73 Å². The van der Waals surface area contributed by atoms with Crippen LogP contribution < -0.4 is 20.3 Å². The van der Waals surface area contributed by atoms with E-state index in [1.54, 1.807) is 25.3 Å². The number of alkyl halides is 3. The monoisotopic (exact) mass is 669 g/mol. The van der Waals surface area contributed by atoms with Crippen LogP contribution in [0.25, 0.3) is 0 Å². The molecule has 1 aromatic carbocycles. The molecule has 1 saturated heterocycles. The zero-order chi connectivity index (χ0) is 34.6. The number of hydrogen-bond acceptors (Lipinski definition) is 11. The van der Waals surface area contributed by atoms with Gasteiger partial charge in [0.25, 0.3) is 0 Å². The van der Waals surface area contributed by atoms with Gasteiger partial charge in [-0.15, -0.1) is 0 Å². The normalized spacial score (nSPS) is 19.3. The second-order valence-electron chi connectivity index (χ2n) is 11.4. The van der Waals surface area contributed by atoms with E-state index in [-0.39, 0.29) is 54.4 Å². The Bertz CT molecular complexity index is 1730. The Morgan fingerprint density at radius 1 is 1.19 bits per heavy atom. The van der Waals surface area contributed by atoms with Crippen LogP contribution in [0.5, 0.6) is 5.88 Å². The molecule has 0 aliphatic carbocycles. The number of aromatic nitrogens is 3. The number of nitrogens with two attached hydrogens (primary N) is 1. The summed E-state index contributed by atoms with van der Waals surface area (Å²) in [4.78, 5) is 41.9. The van der Waals surface area contributed by atoms with Crippen molar-refractivity contribution in [2.75, 3.05) is 49.8 Å². The number of carbonyl (C=O) groups excluding carboxylic acids is 1. The molecule has 4 heterocycles. The smallest absolute Gasteiger partial charge is 0.416 e. The van der Waals surface area contributed by atoms with Gasteiger partial charge in [-0.25, -0.2) is 19.7 Å². The summed E-state index contributed by atoms with van der Waals surface area (Å²) in [5.74, 6) is -1.34. The Morgan fingerprint density at radius 3 is 2.58 bits per heavy atom. The SMILES string of the molecule is CC[C@]1(N)C[C@H](c2ncc(N3CCOCC3)c(Cc3cc(C#N)cc(C(F)(F)F)c3)n2)c2nc(OC)ccc2N1C(=O)OCCC(=O)O. The minimum absolute atomic E-state index is 0.0461. The van der Waals surface area contributed by atoms with Gasteiger partial charge in [0, 0.05) is 25.6 Å². The number of hydrogen-bond donors (Lipinski definition) is 2. The molecule has 0 bridgehead atoms. The largest absolute Gasteiger partial charge is 0.481 e. The summed E-state index contributed by atoms with van der Waals surface area (Å²) in [5, 5.41) is 18.5. The van der Waals surface area contributed by atoms with Crippen LogP contribution in [-0.4, -0.2) is 77.8 Å². The molecular formula is C32H34F3N7O6. The molecule has 1 amide bonds. The van der Waals surface area contributed by atoms with Crippen LogP contribution in [0.15, 0.2) is 36.5 Å².